The van der Waals surface area contributed by atoms with E-state index >= 15 is 0 Å². The van der Waals surface area contributed by atoms with Crippen molar-refractivity contribution < 1.29 is 19.4 Å². The monoisotopic (exact) mass is 668 g/mol. The van der Waals surface area contributed by atoms with Gasteiger partial charge in [0, 0.05) is 17.5 Å². The Morgan fingerprint density at radius 2 is 1.61 bits per heavy atom. The SMILES string of the molecule is CC(C)CCC[C@@H](C)[C@H]1CCC2C3CCC4CC(c5cc(C=CC(=O)O)ccc5OC(=O)c5cc(N)cc(N)c5)CC[C@]4(C)C3CC[C@@]21C. The number of carbonyl (C=O) groups is 2. The van der Waals surface area contributed by atoms with Gasteiger partial charge in [-0.1, -0.05) is 59.9 Å². The van der Waals surface area contributed by atoms with Crippen LogP contribution >= 0.6 is 0 Å². The number of hydrogen-bond donors (Lipinski definition) is 3. The van der Waals surface area contributed by atoms with Gasteiger partial charge in [-0.25, -0.2) is 9.59 Å². The number of ether oxygens (including phenoxy) is 1. The summed E-state index contributed by atoms with van der Waals surface area (Å²) in [5, 5.41) is 9.28. The highest BCUT2D eigenvalue weighted by molar-refractivity contribution is 5.93. The van der Waals surface area contributed by atoms with E-state index in [2.05, 4.69) is 34.6 Å². The Balaban J connectivity index is 1.20. The number of carboxylic acids is 1. The van der Waals surface area contributed by atoms with Gasteiger partial charge in [-0.2, -0.15) is 0 Å². The number of nitrogen functional groups attached to an aromatic ring is 2. The molecule has 0 amide bonds. The maximum atomic E-state index is 13.3. The van der Waals surface area contributed by atoms with Crippen molar-refractivity contribution in [1.82, 2.24) is 0 Å². The molecule has 0 saturated heterocycles. The molecule has 6 rings (SSSR count). The second kappa shape index (κ2) is 14.2. The molecule has 2 aromatic carbocycles. The van der Waals surface area contributed by atoms with Gasteiger partial charge in [0.25, 0.3) is 0 Å². The van der Waals surface area contributed by atoms with Crippen LogP contribution in [0.4, 0.5) is 11.4 Å². The van der Waals surface area contributed by atoms with Gasteiger partial charge in [0.1, 0.15) is 5.75 Å². The second-order valence-corrected chi connectivity index (χ2v) is 17.4. The summed E-state index contributed by atoms with van der Waals surface area (Å²) in [6.45, 7) is 12.6. The first-order chi connectivity index (χ1) is 23.3. The zero-order chi connectivity index (χ0) is 35.1. The average molecular weight is 669 g/mol. The van der Waals surface area contributed by atoms with Crippen molar-refractivity contribution in [2.75, 3.05) is 11.5 Å². The van der Waals surface area contributed by atoms with Crippen molar-refractivity contribution in [2.24, 2.45) is 52.3 Å². The van der Waals surface area contributed by atoms with Gasteiger partial charge in [0.15, 0.2) is 0 Å². The smallest absolute Gasteiger partial charge is 0.343 e. The Bertz CT molecular complexity index is 1540. The molecule has 0 radical (unpaired) electrons. The normalized spacial score (nSPS) is 33.1. The number of rotatable bonds is 10. The van der Waals surface area contributed by atoms with Crippen LogP contribution in [-0.2, 0) is 4.79 Å². The number of hydrogen-bond acceptors (Lipinski definition) is 5. The van der Waals surface area contributed by atoms with E-state index < -0.39 is 11.9 Å². The predicted octanol–water partition coefficient (Wildman–Crippen LogP) is 10.4. The Morgan fingerprint density at radius 1 is 0.898 bits per heavy atom. The lowest BCUT2D eigenvalue weighted by Crippen LogP contribution is -2.53. The number of aliphatic carboxylic acids is 1. The number of carbonyl (C=O) groups excluding carboxylic acids is 1. The minimum Gasteiger partial charge on any atom is -0.478 e. The van der Waals surface area contributed by atoms with E-state index in [-0.39, 0.29) is 5.92 Å². The molecule has 4 aliphatic carbocycles. The highest BCUT2D eigenvalue weighted by Crippen LogP contribution is 2.69. The number of anilines is 2. The van der Waals surface area contributed by atoms with Crippen molar-refractivity contribution >= 4 is 29.4 Å². The van der Waals surface area contributed by atoms with Gasteiger partial charge < -0.3 is 21.3 Å². The highest BCUT2D eigenvalue weighted by Gasteiger charge is 2.60. The summed E-state index contributed by atoms with van der Waals surface area (Å²) in [7, 11) is 0. The van der Waals surface area contributed by atoms with Crippen LogP contribution < -0.4 is 16.2 Å². The van der Waals surface area contributed by atoms with Crippen molar-refractivity contribution in [3.63, 3.8) is 0 Å². The minimum absolute atomic E-state index is 0.234. The standard InChI is InChI=1S/C43H60N2O4/c1-26(2)7-6-8-27(3)36-13-14-37-34-12-11-31-22-29(17-19-42(31,4)38(34)18-20-43(36,37)5)35-21-28(10-16-40(46)47)9-15-39(35)49-41(48)30-23-32(44)25-33(45)24-30/h9-10,15-16,21,23-27,29,31,34,36-38H,6-8,11-14,17-20,22,44-45H2,1-5H3,(H,46,47)/t27-,29?,31?,34?,36-,37?,38?,42+,43-/m1/s1. The molecule has 49 heavy (non-hydrogen) atoms. The second-order valence-electron chi connectivity index (χ2n) is 17.4. The van der Waals surface area contributed by atoms with Gasteiger partial charge >= 0.3 is 11.9 Å². The molecular formula is C43H60N2O4. The summed E-state index contributed by atoms with van der Waals surface area (Å²) in [6, 6.07) is 10.5. The topological polar surface area (TPSA) is 116 Å². The molecule has 0 bridgehead atoms. The van der Waals surface area contributed by atoms with Gasteiger partial charge in [-0.05, 0) is 163 Å². The molecule has 6 nitrogen and oxygen atoms in total. The van der Waals surface area contributed by atoms with Crippen molar-refractivity contribution in [2.45, 2.75) is 118 Å². The maximum Gasteiger partial charge on any atom is 0.343 e. The minimum atomic E-state index is -0.987. The molecule has 266 valence electrons. The lowest BCUT2D eigenvalue weighted by atomic mass is 9.43. The van der Waals surface area contributed by atoms with E-state index in [9.17, 15) is 14.7 Å². The van der Waals surface area contributed by atoms with Crippen LogP contribution in [-0.4, -0.2) is 17.0 Å². The molecule has 0 aromatic heterocycles. The third-order valence-electron chi connectivity index (χ3n) is 14.2. The van der Waals surface area contributed by atoms with Crippen LogP contribution in [0, 0.1) is 52.3 Å². The number of nitrogens with two attached hydrogens (primary N) is 2. The van der Waals surface area contributed by atoms with E-state index in [0.29, 0.717) is 39.4 Å². The Hall–Kier alpha value is -3.28. The summed E-state index contributed by atoms with van der Waals surface area (Å²) >= 11 is 0. The van der Waals surface area contributed by atoms with Crippen molar-refractivity contribution in [3.05, 3.63) is 59.2 Å². The maximum absolute atomic E-state index is 13.3. The molecule has 6 heteroatoms. The molecule has 5 N–H and O–H groups in total. The molecule has 4 aliphatic rings. The van der Waals surface area contributed by atoms with Crippen LogP contribution in [0.25, 0.3) is 6.08 Å². The first kappa shape index (κ1) is 35.5. The molecule has 0 heterocycles. The van der Waals surface area contributed by atoms with Crippen LogP contribution in [0.3, 0.4) is 0 Å². The third-order valence-corrected chi connectivity index (χ3v) is 14.2. The first-order valence-electron chi connectivity index (χ1n) is 19.2. The van der Waals surface area contributed by atoms with Crippen LogP contribution in [0.2, 0.25) is 0 Å². The molecule has 4 fully saturated rings. The highest BCUT2D eigenvalue weighted by atomic mass is 16.5. The number of carboxylic acid groups (broad SMARTS) is 1. The molecule has 2 aromatic rings. The lowest BCUT2D eigenvalue weighted by Gasteiger charge is -2.61. The van der Waals surface area contributed by atoms with Crippen molar-refractivity contribution in [1.29, 1.82) is 0 Å². The van der Waals surface area contributed by atoms with E-state index in [4.69, 9.17) is 16.2 Å². The lowest BCUT2D eigenvalue weighted by molar-refractivity contribution is -0.131. The fourth-order valence-electron chi connectivity index (χ4n) is 11.8. The largest absolute Gasteiger partial charge is 0.478 e. The molecule has 0 spiro atoms. The zero-order valence-electron chi connectivity index (χ0n) is 30.5. The number of esters is 1. The van der Waals surface area contributed by atoms with E-state index in [1.807, 2.05) is 18.2 Å². The zero-order valence-corrected chi connectivity index (χ0v) is 30.5. The van der Waals surface area contributed by atoms with Crippen molar-refractivity contribution in [3.8, 4) is 5.75 Å². The number of benzene rings is 2. The van der Waals surface area contributed by atoms with Crippen LogP contribution in [0.5, 0.6) is 5.75 Å². The first-order valence-corrected chi connectivity index (χ1v) is 19.2. The van der Waals surface area contributed by atoms with Gasteiger partial charge in [0.05, 0.1) is 5.56 Å². The van der Waals surface area contributed by atoms with E-state index in [1.165, 1.54) is 64.2 Å². The fourth-order valence-corrected chi connectivity index (χ4v) is 11.8. The Labute approximate surface area is 294 Å². The van der Waals surface area contributed by atoms with Gasteiger partial charge in [-0.3, -0.25) is 0 Å². The third kappa shape index (κ3) is 7.17. The summed E-state index contributed by atoms with van der Waals surface area (Å²) < 4.78 is 6.06. The summed E-state index contributed by atoms with van der Waals surface area (Å²) in [6.07, 6.45) is 18.4. The molecular weight excluding hydrogens is 608 g/mol. The quantitative estimate of drug-likeness (QED) is 0.100. The summed E-state index contributed by atoms with van der Waals surface area (Å²) in [4.78, 5) is 24.6. The average Bonchev–Trinajstić information content (AvgIpc) is 3.40. The summed E-state index contributed by atoms with van der Waals surface area (Å²) in [5.74, 6) is 4.91. The fraction of sp³-hybridized carbons (Fsp3) is 0.628. The molecule has 0 aliphatic heterocycles. The summed E-state index contributed by atoms with van der Waals surface area (Å²) in [5.41, 5.74) is 15.7. The molecule has 4 saturated carbocycles. The van der Waals surface area contributed by atoms with Crippen LogP contribution in [0.15, 0.2) is 42.5 Å². The Morgan fingerprint density at radius 3 is 2.33 bits per heavy atom. The van der Waals surface area contributed by atoms with Crippen LogP contribution in [0.1, 0.15) is 139 Å². The van der Waals surface area contributed by atoms with Gasteiger partial charge in [-0.15, -0.1) is 0 Å². The number of fused-ring (bicyclic) bond motifs is 5. The van der Waals surface area contributed by atoms with E-state index in [1.54, 1.807) is 24.3 Å². The van der Waals surface area contributed by atoms with E-state index in [0.717, 1.165) is 65.6 Å². The van der Waals surface area contributed by atoms with Gasteiger partial charge in [0.2, 0.25) is 0 Å². The predicted molar refractivity (Wildman–Crippen MR) is 199 cm³/mol. The molecule has 9 atom stereocenters. The Kier molecular flexibility index (Phi) is 10.3. The molecule has 5 unspecified atom stereocenters.